The van der Waals surface area contributed by atoms with E-state index in [9.17, 15) is 9.59 Å². The lowest BCUT2D eigenvalue weighted by molar-refractivity contribution is -0.125. The van der Waals surface area contributed by atoms with E-state index in [1.54, 1.807) is 0 Å². The van der Waals surface area contributed by atoms with Gasteiger partial charge in [-0.05, 0) is 42.7 Å². The molecular formula is C22H14ClFN2O2S. The number of anilines is 1. The number of fused-ring (bicyclic) bond motifs is 1. The van der Waals surface area contributed by atoms with Crippen molar-refractivity contribution in [3.05, 3.63) is 74.6 Å². The minimum atomic E-state index is -2.95. The molecule has 3 aromatic rings. The third-order valence-corrected chi connectivity index (χ3v) is 6.44. The van der Waals surface area contributed by atoms with Crippen molar-refractivity contribution in [2.75, 3.05) is 5.32 Å². The number of hydrogen-bond donors (Lipinski definition) is 1. The third kappa shape index (κ3) is 2.86. The van der Waals surface area contributed by atoms with Crippen LogP contribution in [0.25, 0.3) is 11.1 Å². The fraction of sp³-hybridized carbons (Fsp3) is 0.136. The number of halogens is 2. The van der Waals surface area contributed by atoms with Crippen molar-refractivity contribution in [2.45, 2.75) is 19.5 Å². The van der Waals surface area contributed by atoms with Crippen LogP contribution in [0.2, 0.25) is 4.34 Å². The first kappa shape index (κ1) is 19.3. The molecule has 0 radical (unpaired) electrons. The number of rotatable bonds is 2. The van der Waals surface area contributed by atoms with Crippen LogP contribution in [0.4, 0.5) is 9.39 Å². The normalized spacial score (nSPS) is 18.2. The van der Waals surface area contributed by atoms with Crippen LogP contribution < -0.4 is 5.32 Å². The molecule has 0 bridgehead atoms. The molecule has 0 saturated carbocycles. The van der Waals surface area contributed by atoms with Crippen LogP contribution in [0, 0.1) is 25.2 Å². The van der Waals surface area contributed by atoms with Crippen LogP contribution in [0.15, 0.2) is 42.5 Å². The number of amides is 1. The topological polar surface area (TPSA) is 70.0 Å². The maximum atomic E-state index is 16.0. The third-order valence-electron chi connectivity index (χ3n) is 5.13. The Morgan fingerprint density at radius 1 is 1.10 bits per heavy atom. The molecule has 0 aliphatic carbocycles. The number of thiophene rings is 1. The Morgan fingerprint density at radius 2 is 1.86 bits per heavy atom. The summed E-state index contributed by atoms with van der Waals surface area (Å²) in [6.07, 6.45) is 0. The molecule has 1 N–H and O–H groups in total. The molecule has 2 aromatic carbocycles. The van der Waals surface area contributed by atoms with E-state index in [0.717, 1.165) is 22.5 Å². The average Bonchev–Trinajstić information content (AvgIpc) is 3.04. The van der Waals surface area contributed by atoms with Crippen LogP contribution in [0.3, 0.4) is 0 Å². The van der Waals surface area contributed by atoms with Crippen LogP contribution in [0.1, 0.15) is 32.6 Å². The lowest BCUT2D eigenvalue weighted by atomic mass is 9.82. The van der Waals surface area contributed by atoms with Crippen LogP contribution in [0.5, 0.6) is 0 Å². The SMILES string of the molecule is Cc1ccc(-c2c(Cl)sc3c2C(=O)C(F)(c2cccc(C#N)c2)C(=O)N3)cc1C. The van der Waals surface area contributed by atoms with Crippen molar-refractivity contribution in [1.29, 1.82) is 5.26 Å². The van der Waals surface area contributed by atoms with E-state index < -0.39 is 17.4 Å². The monoisotopic (exact) mass is 424 g/mol. The maximum absolute atomic E-state index is 16.0. The second-order valence-corrected chi connectivity index (χ2v) is 8.51. The number of nitrogens with one attached hydrogen (secondary N) is 1. The van der Waals surface area contributed by atoms with Crippen molar-refractivity contribution >= 4 is 39.6 Å². The van der Waals surface area contributed by atoms with E-state index in [1.807, 2.05) is 38.1 Å². The van der Waals surface area contributed by atoms with Crippen LogP contribution in [-0.4, -0.2) is 11.7 Å². The smallest absolute Gasteiger partial charge is 0.276 e. The van der Waals surface area contributed by atoms with Gasteiger partial charge >= 0.3 is 0 Å². The van der Waals surface area contributed by atoms with Gasteiger partial charge in [-0.1, -0.05) is 41.9 Å². The average molecular weight is 425 g/mol. The summed E-state index contributed by atoms with van der Waals surface area (Å²) in [6.45, 7) is 3.89. The fourth-order valence-electron chi connectivity index (χ4n) is 3.39. The van der Waals surface area contributed by atoms with Crippen molar-refractivity contribution < 1.29 is 14.0 Å². The summed E-state index contributed by atoms with van der Waals surface area (Å²) >= 11 is 7.44. The van der Waals surface area contributed by atoms with E-state index in [4.69, 9.17) is 16.9 Å². The number of nitrogens with zero attached hydrogens (tertiary/aromatic N) is 1. The summed E-state index contributed by atoms with van der Waals surface area (Å²) in [7, 11) is 0. The summed E-state index contributed by atoms with van der Waals surface area (Å²) < 4.78 is 16.3. The Labute approximate surface area is 175 Å². The quantitative estimate of drug-likeness (QED) is 0.548. The van der Waals surface area contributed by atoms with Crippen molar-refractivity contribution in [3.63, 3.8) is 0 Å². The summed E-state index contributed by atoms with van der Waals surface area (Å²) in [5.74, 6) is -2.07. The summed E-state index contributed by atoms with van der Waals surface area (Å²) in [5, 5.41) is 11.8. The van der Waals surface area contributed by atoms with Crippen molar-refractivity contribution in [1.82, 2.24) is 0 Å². The maximum Gasteiger partial charge on any atom is 0.276 e. The molecular weight excluding hydrogens is 411 g/mol. The van der Waals surface area contributed by atoms with Gasteiger partial charge in [0.15, 0.2) is 0 Å². The molecule has 4 nitrogen and oxygen atoms in total. The van der Waals surface area contributed by atoms with E-state index in [0.29, 0.717) is 15.5 Å². The van der Waals surface area contributed by atoms with Gasteiger partial charge < -0.3 is 5.32 Å². The molecule has 29 heavy (non-hydrogen) atoms. The highest BCUT2D eigenvalue weighted by Crippen LogP contribution is 2.50. The summed E-state index contributed by atoms with van der Waals surface area (Å²) in [4.78, 5) is 26.0. The second-order valence-electron chi connectivity index (χ2n) is 6.89. The fourth-order valence-corrected chi connectivity index (χ4v) is 4.77. The molecule has 0 fully saturated rings. The zero-order chi connectivity index (χ0) is 20.9. The molecule has 1 atom stereocenters. The molecule has 7 heteroatoms. The number of ketones is 1. The molecule has 0 spiro atoms. The zero-order valence-corrected chi connectivity index (χ0v) is 17.0. The van der Waals surface area contributed by atoms with Gasteiger partial charge in [0.05, 0.1) is 17.2 Å². The standard InChI is InChI=1S/C22H14ClFN2O2S/c1-11-6-7-14(8-12(11)2)16-17-18(27)22(24,15-5-3-4-13(9-15)10-25)21(28)26-20(17)29-19(16)23/h3-9H,1-2H3,(H,26,28). The Bertz CT molecular complexity index is 1240. The highest BCUT2D eigenvalue weighted by atomic mass is 35.5. The lowest BCUT2D eigenvalue weighted by Crippen LogP contribution is -2.47. The Balaban J connectivity index is 1.93. The first-order chi connectivity index (χ1) is 13.8. The Hall–Kier alpha value is -3.01. The minimum absolute atomic E-state index is 0.0488. The molecule has 1 aromatic heterocycles. The van der Waals surface area contributed by atoms with Gasteiger partial charge in [-0.3, -0.25) is 9.59 Å². The molecule has 1 unspecified atom stereocenters. The van der Waals surface area contributed by atoms with Gasteiger partial charge in [-0.15, -0.1) is 11.3 Å². The second kappa shape index (κ2) is 6.80. The summed E-state index contributed by atoms with van der Waals surface area (Å²) in [5.41, 5.74) is 0.223. The Kier molecular flexibility index (Phi) is 4.53. The van der Waals surface area contributed by atoms with Crippen molar-refractivity contribution in [3.8, 4) is 17.2 Å². The van der Waals surface area contributed by atoms with Gasteiger partial charge in [-0.2, -0.15) is 5.26 Å². The van der Waals surface area contributed by atoms with Gasteiger partial charge in [0.1, 0.15) is 9.34 Å². The lowest BCUT2D eigenvalue weighted by Gasteiger charge is -2.28. The molecule has 2 heterocycles. The molecule has 1 aliphatic rings. The molecule has 1 amide bonds. The largest absolute Gasteiger partial charge is 0.313 e. The first-order valence-corrected chi connectivity index (χ1v) is 9.92. The minimum Gasteiger partial charge on any atom is -0.313 e. The number of carbonyl (C=O) groups is 2. The molecule has 4 rings (SSSR count). The predicted molar refractivity (Wildman–Crippen MR) is 111 cm³/mol. The van der Waals surface area contributed by atoms with Gasteiger partial charge in [0.25, 0.3) is 11.6 Å². The highest BCUT2D eigenvalue weighted by Gasteiger charge is 2.54. The number of Topliss-reactive ketones (excluding diaryl/α,β-unsaturated/α-hetero) is 1. The number of nitriles is 1. The zero-order valence-electron chi connectivity index (χ0n) is 15.5. The van der Waals surface area contributed by atoms with Crippen LogP contribution in [-0.2, 0) is 10.5 Å². The number of hydrogen-bond acceptors (Lipinski definition) is 4. The number of carbonyl (C=O) groups excluding carboxylic acids is 2. The molecule has 0 saturated heterocycles. The van der Waals surface area contributed by atoms with Crippen molar-refractivity contribution in [2.24, 2.45) is 0 Å². The van der Waals surface area contributed by atoms with E-state index in [2.05, 4.69) is 5.32 Å². The number of alkyl halides is 1. The molecule has 144 valence electrons. The van der Waals surface area contributed by atoms with Gasteiger partial charge in [0.2, 0.25) is 5.78 Å². The van der Waals surface area contributed by atoms with E-state index in [-0.39, 0.29) is 21.7 Å². The number of aryl methyl sites for hydroxylation is 2. The van der Waals surface area contributed by atoms with E-state index in [1.165, 1.54) is 24.3 Å². The summed E-state index contributed by atoms with van der Waals surface area (Å²) in [6, 6.07) is 12.9. The van der Waals surface area contributed by atoms with Crippen LogP contribution >= 0.6 is 22.9 Å². The van der Waals surface area contributed by atoms with Gasteiger partial charge in [-0.25, -0.2) is 4.39 Å². The highest BCUT2D eigenvalue weighted by molar-refractivity contribution is 7.21. The first-order valence-electron chi connectivity index (χ1n) is 8.73. The van der Waals surface area contributed by atoms with Gasteiger partial charge in [0, 0.05) is 11.1 Å². The predicted octanol–water partition coefficient (Wildman–Crippen LogP) is 5.56. The van der Waals surface area contributed by atoms with E-state index >= 15 is 4.39 Å². The molecule has 1 aliphatic heterocycles. The Morgan fingerprint density at radius 3 is 2.55 bits per heavy atom. The number of benzene rings is 2.